The maximum absolute atomic E-state index is 6.47. The summed E-state index contributed by atoms with van der Waals surface area (Å²) < 4.78 is 29.2. The van der Waals surface area contributed by atoms with Crippen molar-refractivity contribution < 1.29 is 23.7 Å². The molecule has 0 N–H and O–H groups in total. The molecule has 0 aromatic heterocycles. The minimum Gasteiger partial charge on any atom is -0.493 e. The Labute approximate surface area is 209 Å². The van der Waals surface area contributed by atoms with E-state index < -0.39 is 0 Å². The monoisotopic (exact) mass is 490 g/mol. The first-order chi connectivity index (χ1) is 17.2. The number of aliphatic imine (C=N–C) groups is 1. The van der Waals surface area contributed by atoms with Gasteiger partial charge in [0.1, 0.15) is 0 Å². The Morgan fingerprint density at radius 2 is 1.54 bits per heavy atom. The van der Waals surface area contributed by atoms with Crippen molar-refractivity contribution in [1.29, 1.82) is 0 Å². The fourth-order valence-electron chi connectivity index (χ4n) is 4.68. The number of rotatable bonds is 12. The van der Waals surface area contributed by atoms with Crippen LogP contribution in [0.1, 0.15) is 38.5 Å². The van der Waals surface area contributed by atoms with E-state index in [2.05, 4.69) is 34.6 Å². The van der Waals surface area contributed by atoms with Gasteiger partial charge in [0, 0.05) is 56.9 Å². The molecule has 196 valence electrons. The molecule has 0 radical (unpaired) electrons. The van der Waals surface area contributed by atoms with Crippen LogP contribution < -0.4 is 9.47 Å². The average Bonchev–Trinajstić information content (AvgIpc) is 2.89. The highest BCUT2D eigenvalue weighted by molar-refractivity contribution is 5.71. The van der Waals surface area contributed by atoms with Gasteiger partial charge < -0.3 is 28.6 Å². The van der Waals surface area contributed by atoms with E-state index in [0.717, 1.165) is 95.5 Å². The Hall–Kier alpha value is -1.91. The molecule has 1 aromatic carbocycles. The second-order valence-electron chi connectivity index (χ2n) is 9.53. The van der Waals surface area contributed by atoms with E-state index in [0.29, 0.717) is 19.0 Å². The fourth-order valence-corrected chi connectivity index (χ4v) is 4.68. The van der Waals surface area contributed by atoms with Gasteiger partial charge >= 0.3 is 0 Å². The van der Waals surface area contributed by atoms with E-state index in [1.54, 1.807) is 7.11 Å². The Morgan fingerprint density at radius 3 is 2.14 bits per heavy atom. The highest BCUT2D eigenvalue weighted by Gasteiger charge is 2.29. The average molecular weight is 491 g/mol. The summed E-state index contributed by atoms with van der Waals surface area (Å²) in [5.41, 5.74) is 1.90. The Morgan fingerprint density at radius 1 is 0.914 bits per heavy atom. The summed E-state index contributed by atoms with van der Waals surface area (Å²) in [4.78, 5) is 11.7. The van der Waals surface area contributed by atoms with Crippen LogP contribution in [0.25, 0.3) is 0 Å². The zero-order valence-corrected chi connectivity index (χ0v) is 21.6. The molecule has 1 unspecified atom stereocenters. The topological polar surface area (TPSA) is 68.2 Å². The zero-order chi connectivity index (χ0) is 24.5. The molecule has 4 rings (SSSR count). The van der Waals surface area contributed by atoms with Crippen molar-refractivity contribution in [2.24, 2.45) is 4.99 Å². The van der Waals surface area contributed by atoms with Crippen LogP contribution in [-0.2, 0) is 14.2 Å². The maximum Gasteiger partial charge on any atom is 0.162 e. The van der Waals surface area contributed by atoms with Gasteiger partial charge in [-0.25, -0.2) is 4.99 Å². The molecule has 9 heteroatoms. The molecular formula is C26H42N4O5. The summed E-state index contributed by atoms with van der Waals surface area (Å²) in [7, 11) is 1.68. The van der Waals surface area contributed by atoms with Gasteiger partial charge in [-0.15, -0.1) is 0 Å². The number of fused-ring (bicyclic) bond motifs is 1. The van der Waals surface area contributed by atoms with E-state index in [-0.39, 0.29) is 12.3 Å². The van der Waals surface area contributed by atoms with Crippen molar-refractivity contribution in [3.63, 3.8) is 0 Å². The predicted octanol–water partition coefficient (Wildman–Crippen LogP) is 2.92. The lowest BCUT2D eigenvalue weighted by atomic mass is 10.1. The molecule has 35 heavy (non-hydrogen) atoms. The van der Waals surface area contributed by atoms with Crippen LogP contribution in [0.2, 0.25) is 0 Å². The van der Waals surface area contributed by atoms with E-state index in [4.69, 9.17) is 28.7 Å². The van der Waals surface area contributed by atoms with Crippen LogP contribution in [-0.4, -0.2) is 113 Å². The summed E-state index contributed by atoms with van der Waals surface area (Å²) in [6.07, 6.45) is 3.63. The largest absolute Gasteiger partial charge is 0.493 e. The van der Waals surface area contributed by atoms with E-state index >= 15 is 0 Å². The van der Waals surface area contributed by atoms with Crippen LogP contribution in [0.5, 0.6) is 11.5 Å². The van der Waals surface area contributed by atoms with Gasteiger partial charge in [0.05, 0.1) is 58.8 Å². The van der Waals surface area contributed by atoms with E-state index in [1.807, 2.05) is 12.4 Å². The first-order valence-corrected chi connectivity index (χ1v) is 13.0. The second kappa shape index (κ2) is 13.4. The lowest BCUT2D eigenvalue weighted by Crippen LogP contribution is -2.38. The minimum atomic E-state index is -0.200. The van der Waals surface area contributed by atoms with Crippen molar-refractivity contribution >= 4 is 12.0 Å². The quantitative estimate of drug-likeness (QED) is 0.415. The van der Waals surface area contributed by atoms with E-state index in [1.165, 1.54) is 0 Å². The fraction of sp³-hybridized carbons (Fsp3) is 0.731. The second-order valence-corrected chi connectivity index (χ2v) is 9.53. The van der Waals surface area contributed by atoms with Gasteiger partial charge in [-0.3, -0.25) is 9.80 Å². The smallest absolute Gasteiger partial charge is 0.162 e. The summed E-state index contributed by atoms with van der Waals surface area (Å²) in [5.74, 6) is 1.45. The molecule has 0 aliphatic carbocycles. The molecule has 0 saturated carbocycles. The summed E-state index contributed by atoms with van der Waals surface area (Å²) in [6, 6.07) is 4.28. The van der Waals surface area contributed by atoms with E-state index in [9.17, 15) is 0 Å². The lowest BCUT2D eigenvalue weighted by Gasteiger charge is -2.37. The van der Waals surface area contributed by atoms with Gasteiger partial charge in [0.2, 0.25) is 0 Å². The van der Waals surface area contributed by atoms with Gasteiger partial charge in [0.15, 0.2) is 17.7 Å². The number of nitrogens with zero attached hydrogens (tertiary/aromatic N) is 4. The zero-order valence-electron chi connectivity index (χ0n) is 21.6. The number of ether oxygens (including phenoxy) is 5. The van der Waals surface area contributed by atoms with Crippen LogP contribution in [0.4, 0.5) is 5.69 Å². The van der Waals surface area contributed by atoms with Crippen LogP contribution in [0, 0.1) is 0 Å². The van der Waals surface area contributed by atoms with Gasteiger partial charge in [-0.2, -0.15) is 0 Å². The Kier molecular flexibility index (Phi) is 10.0. The third-order valence-corrected chi connectivity index (χ3v) is 6.75. The third-order valence-electron chi connectivity index (χ3n) is 6.75. The predicted molar refractivity (Wildman–Crippen MR) is 136 cm³/mol. The van der Waals surface area contributed by atoms with Crippen molar-refractivity contribution in [2.75, 3.05) is 86.0 Å². The molecule has 2 fully saturated rings. The maximum atomic E-state index is 6.47. The summed E-state index contributed by atoms with van der Waals surface area (Å²) >= 11 is 0. The molecule has 3 aliphatic heterocycles. The third kappa shape index (κ3) is 7.30. The first kappa shape index (κ1) is 26.2. The lowest BCUT2D eigenvalue weighted by molar-refractivity contribution is -0.0440. The van der Waals surface area contributed by atoms with Crippen LogP contribution in [0.3, 0.4) is 0 Å². The van der Waals surface area contributed by atoms with Crippen LogP contribution in [0.15, 0.2) is 17.1 Å². The van der Waals surface area contributed by atoms with Crippen molar-refractivity contribution in [3.05, 3.63) is 17.7 Å². The van der Waals surface area contributed by atoms with Gasteiger partial charge in [0.25, 0.3) is 0 Å². The molecule has 2 saturated heterocycles. The minimum absolute atomic E-state index is 0.200. The van der Waals surface area contributed by atoms with Gasteiger partial charge in [-0.1, -0.05) is 0 Å². The van der Waals surface area contributed by atoms with Crippen molar-refractivity contribution in [2.45, 2.75) is 39.0 Å². The molecule has 0 amide bonds. The SMILES string of the molecule is COc1cc2c(cc1OCCCN1CCOCC1)C(OCCCN1CCOCC1)N(C(C)C)C=N2. The highest BCUT2D eigenvalue weighted by Crippen LogP contribution is 2.42. The van der Waals surface area contributed by atoms with Crippen molar-refractivity contribution in [1.82, 2.24) is 14.7 Å². The molecule has 3 heterocycles. The normalized spacial score (nSPS) is 21.4. The van der Waals surface area contributed by atoms with Gasteiger partial charge in [-0.05, 0) is 32.8 Å². The summed E-state index contributed by atoms with van der Waals surface area (Å²) in [5, 5.41) is 0. The summed E-state index contributed by atoms with van der Waals surface area (Å²) in [6.45, 7) is 15.0. The molecule has 0 spiro atoms. The Balaban J connectivity index is 1.38. The standard InChI is InChI=1S/C26H42N4O5/c1-21(2)30-20-27-23-19-24(31-3)25(34-12-4-6-28-8-14-32-15-9-28)18-22(23)26(30)35-13-5-7-29-10-16-33-17-11-29/h18-21,26H,4-17H2,1-3H3. The molecule has 1 atom stereocenters. The number of morpholine rings is 2. The number of methoxy groups -OCH3 is 1. The number of hydrogen-bond donors (Lipinski definition) is 0. The van der Waals surface area contributed by atoms with Crippen molar-refractivity contribution in [3.8, 4) is 11.5 Å². The van der Waals surface area contributed by atoms with Crippen LogP contribution >= 0.6 is 0 Å². The number of hydrogen-bond acceptors (Lipinski definition) is 9. The molecule has 1 aromatic rings. The molecule has 0 bridgehead atoms. The Bertz CT molecular complexity index is 809. The molecule has 9 nitrogen and oxygen atoms in total. The number of benzene rings is 1. The molecular weight excluding hydrogens is 448 g/mol. The highest BCUT2D eigenvalue weighted by atomic mass is 16.5. The first-order valence-electron chi connectivity index (χ1n) is 13.0. The molecule has 3 aliphatic rings.